The van der Waals surface area contributed by atoms with Crippen LogP contribution in [0.15, 0.2) is 0 Å². The molecule has 0 radical (unpaired) electrons. The van der Waals surface area contributed by atoms with E-state index in [0.717, 1.165) is 19.5 Å². The molecule has 1 aromatic rings. The van der Waals surface area contributed by atoms with Crippen molar-refractivity contribution >= 4 is 17.5 Å². The Bertz CT molecular complexity index is 445. The molecule has 7 heteroatoms. The molecular formula is C14H24ClN5O. The van der Waals surface area contributed by atoms with Crippen LogP contribution >= 0.6 is 11.6 Å². The number of halogens is 1. The van der Waals surface area contributed by atoms with Crippen LogP contribution in [0.5, 0.6) is 6.01 Å². The van der Waals surface area contributed by atoms with E-state index < -0.39 is 0 Å². The molecule has 0 amide bonds. The van der Waals surface area contributed by atoms with E-state index in [9.17, 15) is 0 Å². The maximum absolute atomic E-state index is 5.85. The summed E-state index contributed by atoms with van der Waals surface area (Å²) in [6.45, 7) is 7.83. The zero-order valence-corrected chi connectivity index (χ0v) is 13.6. The van der Waals surface area contributed by atoms with Crippen molar-refractivity contribution in [3.63, 3.8) is 0 Å². The highest BCUT2D eigenvalue weighted by Crippen LogP contribution is 2.16. The highest BCUT2D eigenvalue weighted by molar-refractivity contribution is 6.28. The lowest BCUT2D eigenvalue weighted by Crippen LogP contribution is -2.38. The number of aromatic nitrogens is 3. The van der Waals surface area contributed by atoms with E-state index in [1.807, 2.05) is 6.92 Å². The average Bonchev–Trinajstić information content (AvgIpc) is 2.45. The van der Waals surface area contributed by atoms with Crippen LogP contribution in [0.4, 0.5) is 5.95 Å². The van der Waals surface area contributed by atoms with Gasteiger partial charge in [0.25, 0.3) is 0 Å². The lowest BCUT2D eigenvalue weighted by Gasteiger charge is -2.33. The molecule has 0 saturated carbocycles. The predicted molar refractivity (Wildman–Crippen MR) is 84.0 cm³/mol. The van der Waals surface area contributed by atoms with Crippen molar-refractivity contribution in [1.29, 1.82) is 0 Å². The standard InChI is InChI=1S/C14H24ClN5O/c1-3-21-14-18-12(15)17-13(19-14)16-8-6-10-20-9-5-4-7-11(20)2/h11H,3-10H2,1-2H3,(H,16,17,18,19). The molecule has 1 unspecified atom stereocenters. The van der Waals surface area contributed by atoms with Crippen LogP contribution in [0, 0.1) is 0 Å². The van der Waals surface area contributed by atoms with Crippen molar-refractivity contribution in [2.24, 2.45) is 0 Å². The molecule has 1 aliphatic heterocycles. The Hall–Kier alpha value is -1.14. The van der Waals surface area contributed by atoms with Crippen LogP contribution in [0.3, 0.4) is 0 Å². The van der Waals surface area contributed by atoms with Crippen LogP contribution in [-0.2, 0) is 0 Å². The fourth-order valence-electron chi connectivity index (χ4n) is 2.58. The van der Waals surface area contributed by atoms with Gasteiger partial charge in [-0.2, -0.15) is 15.0 Å². The molecule has 2 rings (SSSR count). The summed E-state index contributed by atoms with van der Waals surface area (Å²) < 4.78 is 5.25. The summed E-state index contributed by atoms with van der Waals surface area (Å²) in [5, 5.41) is 3.34. The summed E-state index contributed by atoms with van der Waals surface area (Å²) >= 11 is 5.85. The minimum atomic E-state index is 0.153. The Balaban J connectivity index is 1.75. The molecule has 0 aromatic carbocycles. The molecule has 0 aliphatic carbocycles. The van der Waals surface area contributed by atoms with Crippen molar-refractivity contribution < 1.29 is 4.74 Å². The Kier molecular flexibility index (Phi) is 6.45. The topological polar surface area (TPSA) is 63.2 Å². The van der Waals surface area contributed by atoms with E-state index in [4.69, 9.17) is 16.3 Å². The van der Waals surface area contributed by atoms with Gasteiger partial charge in [-0.25, -0.2) is 0 Å². The van der Waals surface area contributed by atoms with Crippen molar-refractivity contribution in [3.8, 4) is 6.01 Å². The number of hydrogen-bond acceptors (Lipinski definition) is 6. The molecule has 1 fully saturated rings. The summed E-state index contributed by atoms with van der Waals surface area (Å²) in [7, 11) is 0. The third-order valence-electron chi connectivity index (χ3n) is 3.71. The highest BCUT2D eigenvalue weighted by Gasteiger charge is 2.17. The van der Waals surface area contributed by atoms with E-state index in [1.54, 1.807) is 0 Å². The maximum atomic E-state index is 5.85. The number of likely N-dealkylation sites (tertiary alicyclic amines) is 1. The molecule has 6 nitrogen and oxygen atoms in total. The minimum absolute atomic E-state index is 0.153. The van der Waals surface area contributed by atoms with Gasteiger partial charge in [-0.15, -0.1) is 0 Å². The van der Waals surface area contributed by atoms with Crippen LogP contribution < -0.4 is 10.1 Å². The van der Waals surface area contributed by atoms with Gasteiger partial charge < -0.3 is 15.0 Å². The fourth-order valence-corrected chi connectivity index (χ4v) is 2.73. The van der Waals surface area contributed by atoms with Gasteiger partial charge in [-0.3, -0.25) is 0 Å². The highest BCUT2D eigenvalue weighted by atomic mass is 35.5. The summed E-state index contributed by atoms with van der Waals surface area (Å²) in [6.07, 6.45) is 5.05. The number of anilines is 1. The Morgan fingerprint density at radius 1 is 1.33 bits per heavy atom. The predicted octanol–water partition coefficient (Wildman–Crippen LogP) is 2.60. The van der Waals surface area contributed by atoms with Crippen LogP contribution in [0.25, 0.3) is 0 Å². The van der Waals surface area contributed by atoms with Gasteiger partial charge in [-0.1, -0.05) is 6.42 Å². The van der Waals surface area contributed by atoms with Crippen LogP contribution in [0.1, 0.15) is 39.5 Å². The summed E-state index contributed by atoms with van der Waals surface area (Å²) in [6, 6.07) is 0.972. The number of nitrogens with zero attached hydrogens (tertiary/aromatic N) is 4. The zero-order chi connectivity index (χ0) is 15.1. The molecule has 0 bridgehead atoms. The Labute approximate surface area is 131 Å². The molecule has 0 spiro atoms. The second-order valence-electron chi connectivity index (χ2n) is 5.30. The summed E-state index contributed by atoms with van der Waals surface area (Å²) in [5.41, 5.74) is 0. The number of hydrogen-bond donors (Lipinski definition) is 1. The first-order chi connectivity index (χ1) is 10.2. The van der Waals surface area contributed by atoms with E-state index in [1.165, 1.54) is 25.8 Å². The number of ether oxygens (including phenoxy) is 1. The lowest BCUT2D eigenvalue weighted by molar-refractivity contribution is 0.160. The van der Waals surface area contributed by atoms with E-state index >= 15 is 0 Å². The molecular weight excluding hydrogens is 290 g/mol. The van der Waals surface area contributed by atoms with Crippen molar-refractivity contribution in [1.82, 2.24) is 19.9 Å². The van der Waals surface area contributed by atoms with Gasteiger partial charge >= 0.3 is 6.01 Å². The zero-order valence-electron chi connectivity index (χ0n) is 12.8. The van der Waals surface area contributed by atoms with Gasteiger partial charge in [-0.05, 0) is 51.3 Å². The number of nitrogens with one attached hydrogen (secondary N) is 1. The smallest absolute Gasteiger partial charge is 0.322 e. The first-order valence-electron chi connectivity index (χ1n) is 7.71. The average molecular weight is 314 g/mol. The first-order valence-corrected chi connectivity index (χ1v) is 8.09. The monoisotopic (exact) mass is 313 g/mol. The van der Waals surface area contributed by atoms with Gasteiger partial charge in [0.1, 0.15) is 0 Å². The Morgan fingerprint density at radius 2 is 2.19 bits per heavy atom. The molecule has 1 aliphatic rings. The quantitative estimate of drug-likeness (QED) is 0.781. The van der Waals surface area contributed by atoms with Crippen LogP contribution in [-0.4, -0.2) is 52.1 Å². The molecule has 1 atom stereocenters. The largest absolute Gasteiger partial charge is 0.464 e. The molecule has 118 valence electrons. The number of rotatable bonds is 7. The molecule has 1 N–H and O–H groups in total. The second-order valence-corrected chi connectivity index (χ2v) is 5.64. The molecule has 2 heterocycles. The van der Waals surface area contributed by atoms with Crippen molar-refractivity contribution in [2.45, 2.75) is 45.6 Å². The maximum Gasteiger partial charge on any atom is 0.322 e. The molecule has 1 aromatic heterocycles. The van der Waals surface area contributed by atoms with E-state index in [-0.39, 0.29) is 11.3 Å². The van der Waals surface area contributed by atoms with Gasteiger partial charge in [0.2, 0.25) is 11.2 Å². The Morgan fingerprint density at radius 3 is 2.95 bits per heavy atom. The summed E-state index contributed by atoms with van der Waals surface area (Å²) in [5.74, 6) is 0.477. The molecule has 1 saturated heterocycles. The van der Waals surface area contributed by atoms with Gasteiger partial charge in [0.15, 0.2) is 0 Å². The third kappa shape index (κ3) is 5.28. The molecule has 21 heavy (non-hydrogen) atoms. The second kappa shape index (κ2) is 8.34. The van der Waals surface area contributed by atoms with E-state index in [0.29, 0.717) is 18.6 Å². The SMILES string of the molecule is CCOc1nc(Cl)nc(NCCCN2CCCCC2C)n1. The van der Waals surface area contributed by atoms with E-state index in [2.05, 4.69) is 32.1 Å². The normalized spacial score (nSPS) is 19.5. The first kappa shape index (κ1) is 16.2. The third-order valence-corrected chi connectivity index (χ3v) is 3.88. The van der Waals surface area contributed by atoms with Crippen LogP contribution in [0.2, 0.25) is 5.28 Å². The van der Waals surface area contributed by atoms with Crippen molar-refractivity contribution in [3.05, 3.63) is 5.28 Å². The fraction of sp³-hybridized carbons (Fsp3) is 0.786. The van der Waals surface area contributed by atoms with Gasteiger partial charge in [0, 0.05) is 19.1 Å². The number of piperidine rings is 1. The van der Waals surface area contributed by atoms with Gasteiger partial charge in [0.05, 0.1) is 6.61 Å². The van der Waals surface area contributed by atoms with Crippen molar-refractivity contribution in [2.75, 3.05) is 31.6 Å². The minimum Gasteiger partial charge on any atom is -0.464 e. The lowest BCUT2D eigenvalue weighted by atomic mass is 10.0. The summed E-state index contributed by atoms with van der Waals surface area (Å²) in [4.78, 5) is 14.7.